The zero-order valence-electron chi connectivity index (χ0n) is 11.8. The number of nitrogens with zero attached hydrogens (tertiary/aromatic N) is 1. The molecular weight excluding hydrogens is 290 g/mol. The van der Waals surface area contributed by atoms with Crippen molar-refractivity contribution in [1.82, 2.24) is 10.3 Å². The largest absolute Gasteiger partial charge is 0.481 e. The van der Waals surface area contributed by atoms with E-state index in [1.54, 1.807) is 25.4 Å². The van der Waals surface area contributed by atoms with Crippen molar-refractivity contribution >= 4 is 39.2 Å². The smallest absolute Gasteiger partial charge is 0.319 e. The molecule has 0 radical (unpaired) electrons. The van der Waals surface area contributed by atoms with Crippen molar-refractivity contribution in [3.05, 3.63) is 23.7 Å². The summed E-state index contributed by atoms with van der Waals surface area (Å²) in [5.74, 6) is -0.876. The molecule has 2 rings (SSSR count). The van der Waals surface area contributed by atoms with Crippen LogP contribution in [0.3, 0.4) is 0 Å². The molecule has 0 aliphatic heterocycles. The van der Waals surface area contributed by atoms with Crippen LogP contribution in [-0.4, -0.2) is 27.6 Å². The van der Waals surface area contributed by atoms with Crippen LogP contribution in [0.15, 0.2) is 23.7 Å². The molecule has 0 aliphatic carbocycles. The van der Waals surface area contributed by atoms with Crippen LogP contribution in [0.4, 0.5) is 10.5 Å². The van der Waals surface area contributed by atoms with Crippen LogP contribution in [0, 0.1) is 0 Å². The van der Waals surface area contributed by atoms with Crippen LogP contribution in [-0.2, 0) is 4.79 Å². The molecule has 0 aliphatic rings. The van der Waals surface area contributed by atoms with Crippen molar-refractivity contribution < 1.29 is 14.7 Å². The number of hydrogen-bond donors (Lipinski definition) is 3. The fourth-order valence-electron chi connectivity index (χ4n) is 1.89. The van der Waals surface area contributed by atoms with Gasteiger partial charge in [0.1, 0.15) is 0 Å². The topological polar surface area (TPSA) is 91.3 Å². The van der Waals surface area contributed by atoms with E-state index in [0.717, 1.165) is 10.2 Å². The number of thiazole rings is 1. The summed E-state index contributed by atoms with van der Waals surface area (Å²) in [7, 11) is 0. The van der Waals surface area contributed by atoms with E-state index >= 15 is 0 Å². The lowest BCUT2D eigenvalue weighted by Gasteiger charge is -2.25. The number of hydrogen-bond acceptors (Lipinski definition) is 4. The molecule has 0 saturated heterocycles. The predicted octanol–water partition coefficient (Wildman–Crippen LogP) is 3.06. The van der Waals surface area contributed by atoms with Crippen molar-refractivity contribution in [2.75, 3.05) is 5.32 Å². The third-order valence-electron chi connectivity index (χ3n) is 3.00. The van der Waals surface area contributed by atoms with E-state index in [1.807, 2.05) is 12.1 Å². The number of benzene rings is 1. The van der Waals surface area contributed by atoms with Crippen LogP contribution in [0.1, 0.15) is 26.7 Å². The van der Waals surface area contributed by atoms with Gasteiger partial charge in [-0.3, -0.25) is 4.79 Å². The van der Waals surface area contributed by atoms with Gasteiger partial charge in [0.15, 0.2) is 0 Å². The first-order chi connectivity index (χ1) is 9.85. The monoisotopic (exact) mass is 307 g/mol. The van der Waals surface area contributed by atoms with Crippen molar-refractivity contribution in [1.29, 1.82) is 0 Å². The van der Waals surface area contributed by atoms with Crippen molar-refractivity contribution in [2.24, 2.45) is 0 Å². The molecular formula is C14H17N3O3S. The van der Waals surface area contributed by atoms with E-state index in [2.05, 4.69) is 15.6 Å². The van der Waals surface area contributed by atoms with Gasteiger partial charge in [-0.1, -0.05) is 0 Å². The third kappa shape index (κ3) is 4.42. The summed E-state index contributed by atoms with van der Waals surface area (Å²) in [5, 5.41) is 14.2. The number of carbonyl (C=O) groups is 2. The van der Waals surface area contributed by atoms with Gasteiger partial charge < -0.3 is 15.7 Å². The molecule has 0 bridgehead atoms. The minimum Gasteiger partial charge on any atom is -0.481 e. The standard InChI is InChI=1S/C14H17N3O3S/c1-14(2,6-5-12(18)19)17-13(20)16-9-3-4-11-10(7-9)15-8-21-11/h3-4,7-8H,5-6H2,1-2H3,(H,18,19)(H2,16,17,20). The van der Waals surface area contributed by atoms with Gasteiger partial charge in [0.25, 0.3) is 0 Å². The number of carboxylic acids is 1. The van der Waals surface area contributed by atoms with Gasteiger partial charge in [0.05, 0.1) is 15.7 Å². The Balaban J connectivity index is 1.95. The Morgan fingerprint density at radius 2 is 2.14 bits per heavy atom. The summed E-state index contributed by atoms with van der Waals surface area (Å²) in [4.78, 5) is 26.7. The van der Waals surface area contributed by atoms with E-state index in [0.29, 0.717) is 12.1 Å². The second kappa shape index (κ2) is 6.09. The van der Waals surface area contributed by atoms with Gasteiger partial charge in [-0.25, -0.2) is 9.78 Å². The van der Waals surface area contributed by atoms with E-state index < -0.39 is 11.5 Å². The number of nitrogens with one attached hydrogen (secondary N) is 2. The summed E-state index contributed by atoms with van der Waals surface area (Å²) >= 11 is 1.54. The van der Waals surface area contributed by atoms with E-state index in [9.17, 15) is 9.59 Å². The zero-order chi connectivity index (χ0) is 15.5. The molecule has 3 N–H and O–H groups in total. The highest BCUT2D eigenvalue weighted by molar-refractivity contribution is 7.16. The first kappa shape index (κ1) is 15.2. The second-order valence-corrected chi connectivity index (χ2v) is 6.28. The average molecular weight is 307 g/mol. The van der Waals surface area contributed by atoms with Crippen LogP contribution in [0.25, 0.3) is 10.2 Å². The molecule has 1 aromatic heterocycles. The molecule has 6 nitrogen and oxygen atoms in total. The van der Waals surface area contributed by atoms with Gasteiger partial charge in [0.2, 0.25) is 0 Å². The number of amides is 2. The maximum atomic E-state index is 12.0. The van der Waals surface area contributed by atoms with Crippen molar-refractivity contribution in [2.45, 2.75) is 32.2 Å². The van der Waals surface area contributed by atoms with Crippen molar-refractivity contribution in [3.8, 4) is 0 Å². The quantitative estimate of drug-likeness (QED) is 0.791. The lowest BCUT2D eigenvalue weighted by Crippen LogP contribution is -2.45. The number of carbonyl (C=O) groups excluding carboxylic acids is 1. The maximum absolute atomic E-state index is 12.0. The summed E-state index contributed by atoms with van der Waals surface area (Å²) in [6, 6.07) is 5.15. The fraction of sp³-hybridized carbons (Fsp3) is 0.357. The number of aromatic nitrogens is 1. The first-order valence-corrected chi connectivity index (χ1v) is 7.38. The molecule has 2 aromatic rings. The van der Waals surface area contributed by atoms with Gasteiger partial charge in [0, 0.05) is 17.6 Å². The molecule has 0 fully saturated rings. The molecule has 1 aromatic carbocycles. The lowest BCUT2D eigenvalue weighted by atomic mass is 9.99. The molecule has 7 heteroatoms. The first-order valence-electron chi connectivity index (χ1n) is 6.50. The number of anilines is 1. The summed E-state index contributed by atoms with van der Waals surface area (Å²) in [6.45, 7) is 3.58. The van der Waals surface area contributed by atoms with E-state index in [1.165, 1.54) is 11.3 Å². The van der Waals surface area contributed by atoms with Crippen LogP contribution in [0.2, 0.25) is 0 Å². The highest BCUT2D eigenvalue weighted by Gasteiger charge is 2.21. The molecule has 0 spiro atoms. The minimum atomic E-state index is -0.876. The summed E-state index contributed by atoms with van der Waals surface area (Å²) in [6.07, 6.45) is 0.374. The Morgan fingerprint density at radius 3 is 2.86 bits per heavy atom. The Morgan fingerprint density at radius 1 is 1.38 bits per heavy atom. The Hall–Kier alpha value is -2.15. The molecule has 0 atom stereocenters. The highest BCUT2D eigenvalue weighted by atomic mass is 32.1. The Labute approximate surface area is 126 Å². The van der Waals surface area contributed by atoms with E-state index in [4.69, 9.17) is 5.11 Å². The number of rotatable bonds is 5. The van der Waals surface area contributed by atoms with Gasteiger partial charge >= 0.3 is 12.0 Å². The number of urea groups is 1. The fourth-order valence-corrected chi connectivity index (χ4v) is 2.55. The molecule has 112 valence electrons. The third-order valence-corrected chi connectivity index (χ3v) is 3.81. The summed E-state index contributed by atoms with van der Waals surface area (Å²) < 4.78 is 1.06. The molecule has 1 heterocycles. The predicted molar refractivity (Wildman–Crippen MR) is 82.7 cm³/mol. The number of carboxylic acid groups (broad SMARTS) is 1. The molecule has 0 saturated carbocycles. The van der Waals surface area contributed by atoms with Crippen molar-refractivity contribution in [3.63, 3.8) is 0 Å². The SMILES string of the molecule is CC(C)(CCC(=O)O)NC(=O)Nc1ccc2scnc2c1. The molecule has 21 heavy (non-hydrogen) atoms. The van der Waals surface area contributed by atoms with Crippen LogP contribution < -0.4 is 10.6 Å². The Bertz CT molecular complexity index is 666. The average Bonchev–Trinajstić information content (AvgIpc) is 2.83. The van der Waals surface area contributed by atoms with Gasteiger partial charge in [-0.2, -0.15) is 0 Å². The van der Waals surface area contributed by atoms with Gasteiger partial charge in [-0.05, 0) is 38.5 Å². The Kier molecular flexibility index (Phi) is 4.42. The number of aliphatic carboxylic acids is 1. The minimum absolute atomic E-state index is 0.0120. The highest BCUT2D eigenvalue weighted by Crippen LogP contribution is 2.21. The second-order valence-electron chi connectivity index (χ2n) is 5.39. The van der Waals surface area contributed by atoms with Crippen LogP contribution in [0.5, 0.6) is 0 Å². The van der Waals surface area contributed by atoms with Crippen LogP contribution >= 0.6 is 11.3 Å². The number of fused-ring (bicyclic) bond motifs is 1. The normalized spacial score (nSPS) is 11.3. The molecule has 2 amide bonds. The van der Waals surface area contributed by atoms with E-state index in [-0.39, 0.29) is 12.5 Å². The zero-order valence-corrected chi connectivity index (χ0v) is 12.7. The maximum Gasteiger partial charge on any atom is 0.319 e. The summed E-state index contributed by atoms with van der Waals surface area (Å²) in [5.41, 5.74) is 2.65. The molecule has 0 unspecified atom stereocenters. The van der Waals surface area contributed by atoms with Gasteiger partial charge in [-0.15, -0.1) is 11.3 Å². The lowest BCUT2D eigenvalue weighted by molar-refractivity contribution is -0.137.